The van der Waals surface area contributed by atoms with Crippen molar-refractivity contribution in [3.63, 3.8) is 0 Å². The van der Waals surface area contributed by atoms with Crippen molar-refractivity contribution in [2.45, 2.75) is 51.7 Å². The number of esters is 2. The predicted octanol–water partition coefficient (Wildman–Crippen LogP) is 3.81. The van der Waals surface area contributed by atoms with E-state index in [-0.39, 0.29) is 12.8 Å². The van der Waals surface area contributed by atoms with Gasteiger partial charge in [0, 0.05) is 17.7 Å². The number of nitrogens with zero attached hydrogens (tertiary/aromatic N) is 1. The number of benzene rings is 1. The lowest BCUT2D eigenvalue weighted by Gasteiger charge is -2.28. The van der Waals surface area contributed by atoms with Crippen molar-refractivity contribution in [2.24, 2.45) is 4.99 Å². The maximum Gasteiger partial charge on any atom is 0.334 e. The second kappa shape index (κ2) is 8.29. The van der Waals surface area contributed by atoms with Gasteiger partial charge < -0.3 is 9.47 Å². The molecule has 24 heavy (non-hydrogen) atoms. The Morgan fingerprint density at radius 2 is 1.75 bits per heavy atom. The first-order valence-electron chi connectivity index (χ1n) is 7.67. The van der Waals surface area contributed by atoms with Crippen LogP contribution >= 0.6 is 11.6 Å². The zero-order chi connectivity index (χ0) is 18.4. The van der Waals surface area contributed by atoms with E-state index in [0.29, 0.717) is 5.02 Å². The van der Waals surface area contributed by atoms with Crippen LogP contribution in [0.15, 0.2) is 29.3 Å². The van der Waals surface area contributed by atoms with E-state index in [2.05, 4.69) is 9.73 Å². The van der Waals surface area contributed by atoms with Crippen LogP contribution in [-0.4, -0.2) is 36.4 Å². The minimum absolute atomic E-state index is 0.0736. The second-order valence-corrected chi connectivity index (χ2v) is 7.10. The summed E-state index contributed by atoms with van der Waals surface area (Å²) in [6.45, 7) is 7.01. The van der Waals surface area contributed by atoms with E-state index in [1.807, 2.05) is 0 Å². The molecule has 1 aromatic carbocycles. The Balaban J connectivity index is 3.00. The Kier molecular flexibility index (Phi) is 6.96. The van der Waals surface area contributed by atoms with Gasteiger partial charge in [0.2, 0.25) is 0 Å². The maximum absolute atomic E-state index is 12.5. The van der Waals surface area contributed by atoms with Crippen LogP contribution in [0, 0.1) is 0 Å². The van der Waals surface area contributed by atoms with Gasteiger partial charge in [0.25, 0.3) is 0 Å². The lowest BCUT2D eigenvalue weighted by molar-refractivity contribution is -0.161. The quantitative estimate of drug-likeness (QED) is 0.576. The summed E-state index contributed by atoms with van der Waals surface area (Å²) in [7, 11) is 1.31. The van der Waals surface area contributed by atoms with E-state index in [4.69, 9.17) is 16.3 Å². The molecule has 0 saturated heterocycles. The molecule has 1 rings (SSSR count). The molecule has 0 heterocycles. The molecule has 0 amide bonds. The third-order valence-corrected chi connectivity index (χ3v) is 3.50. The van der Waals surface area contributed by atoms with Crippen LogP contribution in [0.2, 0.25) is 5.02 Å². The number of rotatable bonds is 6. The Morgan fingerprint density at radius 3 is 2.25 bits per heavy atom. The lowest BCUT2D eigenvalue weighted by atomic mass is 9.96. The van der Waals surface area contributed by atoms with Crippen LogP contribution in [0.25, 0.3) is 0 Å². The first-order valence-corrected chi connectivity index (χ1v) is 8.04. The number of hydrogen-bond donors (Lipinski definition) is 0. The van der Waals surface area contributed by atoms with Crippen molar-refractivity contribution in [2.75, 3.05) is 7.11 Å². The Labute approximate surface area is 148 Å². The fraction of sp³-hybridized carbons (Fsp3) is 0.500. The molecule has 5 nitrogen and oxygen atoms in total. The molecule has 132 valence electrons. The average molecular weight is 354 g/mol. The molecular formula is C18H24ClNO4. The summed E-state index contributed by atoms with van der Waals surface area (Å²) in [5, 5.41) is 0.618. The summed E-state index contributed by atoms with van der Waals surface area (Å²) in [6, 6.07) is 7.06. The molecule has 0 aromatic heterocycles. The van der Waals surface area contributed by atoms with Crippen LogP contribution in [0.3, 0.4) is 0 Å². The summed E-state index contributed by atoms with van der Waals surface area (Å²) in [4.78, 5) is 28.4. The van der Waals surface area contributed by atoms with Crippen molar-refractivity contribution >= 4 is 29.8 Å². The number of aliphatic imine (C=N–C) groups is 1. The van der Waals surface area contributed by atoms with E-state index in [9.17, 15) is 9.59 Å². The molecule has 0 bridgehead atoms. The first-order chi connectivity index (χ1) is 11.1. The average Bonchev–Trinajstić information content (AvgIpc) is 2.50. The van der Waals surface area contributed by atoms with Gasteiger partial charge in [-0.1, -0.05) is 23.7 Å². The van der Waals surface area contributed by atoms with Crippen molar-refractivity contribution in [1.82, 2.24) is 0 Å². The summed E-state index contributed by atoms with van der Waals surface area (Å²) >= 11 is 5.86. The van der Waals surface area contributed by atoms with E-state index < -0.39 is 23.1 Å². The Hall–Kier alpha value is -1.88. The second-order valence-electron chi connectivity index (χ2n) is 6.66. The van der Waals surface area contributed by atoms with Crippen molar-refractivity contribution < 1.29 is 19.1 Å². The van der Waals surface area contributed by atoms with E-state index in [1.165, 1.54) is 7.11 Å². The minimum atomic E-state index is -1.18. The van der Waals surface area contributed by atoms with Crippen molar-refractivity contribution in [3.05, 3.63) is 34.9 Å². The molecule has 1 atom stereocenters. The molecule has 1 aromatic rings. The van der Waals surface area contributed by atoms with Crippen LogP contribution in [0.5, 0.6) is 0 Å². The molecule has 0 aliphatic carbocycles. The highest BCUT2D eigenvalue weighted by atomic mass is 35.5. The third-order valence-electron chi connectivity index (χ3n) is 3.25. The Bertz CT molecular complexity index is 604. The largest absolute Gasteiger partial charge is 0.469 e. The standard InChI is InChI=1S/C18H24ClNO4/c1-17(2,3)24-16(22)18(4,11-10-15(21)23-5)20-12-13-6-8-14(19)9-7-13/h6-9,12H,10-11H2,1-5H3/t18-/m1/s1. The minimum Gasteiger partial charge on any atom is -0.469 e. The monoisotopic (exact) mass is 353 g/mol. The van der Waals surface area contributed by atoms with Gasteiger partial charge in [-0.05, 0) is 51.8 Å². The van der Waals surface area contributed by atoms with Crippen LogP contribution < -0.4 is 0 Å². The molecule has 0 aliphatic rings. The van der Waals surface area contributed by atoms with Gasteiger partial charge in [-0.25, -0.2) is 4.79 Å². The number of methoxy groups -OCH3 is 1. The zero-order valence-electron chi connectivity index (χ0n) is 14.8. The van der Waals surface area contributed by atoms with Crippen LogP contribution in [0.1, 0.15) is 46.1 Å². The molecular weight excluding hydrogens is 330 g/mol. The topological polar surface area (TPSA) is 65.0 Å². The molecule has 0 fully saturated rings. The van der Waals surface area contributed by atoms with Crippen LogP contribution in [-0.2, 0) is 19.1 Å². The van der Waals surface area contributed by atoms with Crippen LogP contribution in [0.4, 0.5) is 0 Å². The number of carbonyl (C=O) groups is 2. The Morgan fingerprint density at radius 1 is 1.17 bits per heavy atom. The molecule has 0 saturated carbocycles. The first kappa shape index (κ1) is 20.2. The molecule has 0 spiro atoms. The number of carbonyl (C=O) groups excluding carboxylic acids is 2. The highest BCUT2D eigenvalue weighted by Crippen LogP contribution is 2.23. The van der Waals surface area contributed by atoms with Gasteiger partial charge >= 0.3 is 11.9 Å². The zero-order valence-corrected chi connectivity index (χ0v) is 15.5. The summed E-state index contributed by atoms with van der Waals surface area (Å²) < 4.78 is 10.1. The van der Waals surface area contributed by atoms with E-state index in [0.717, 1.165) is 5.56 Å². The van der Waals surface area contributed by atoms with E-state index >= 15 is 0 Å². The normalized spacial score (nSPS) is 14.2. The van der Waals surface area contributed by atoms with Crippen molar-refractivity contribution in [1.29, 1.82) is 0 Å². The van der Waals surface area contributed by atoms with Gasteiger partial charge in [0.15, 0.2) is 5.54 Å². The van der Waals surface area contributed by atoms with Gasteiger partial charge in [-0.3, -0.25) is 9.79 Å². The highest BCUT2D eigenvalue weighted by Gasteiger charge is 2.37. The lowest BCUT2D eigenvalue weighted by Crippen LogP contribution is -2.40. The molecule has 6 heteroatoms. The highest BCUT2D eigenvalue weighted by molar-refractivity contribution is 6.30. The van der Waals surface area contributed by atoms with Gasteiger partial charge in [-0.15, -0.1) is 0 Å². The molecule has 0 radical (unpaired) electrons. The van der Waals surface area contributed by atoms with Gasteiger partial charge in [0.1, 0.15) is 5.60 Å². The van der Waals surface area contributed by atoms with Gasteiger partial charge in [-0.2, -0.15) is 0 Å². The predicted molar refractivity (Wildman–Crippen MR) is 94.5 cm³/mol. The van der Waals surface area contributed by atoms with Crippen molar-refractivity contribution in [3.8, 4) is 0 Å². The number of halogens is 1. The maximum atomic E-state index is 12.5. The summed E-state index contributed by atoms with van der Waals surface area (Å²) in [5.74, 6) is -0.879. The summed E-state index contributed by atoms with van der Waals surface area (Å²) in [6.07, 6.45) is 1.85. The molecule has 0 unspecified atom stereocenters. The fourth-order valence-corrected chi connectivity index (χ4v) is 1.95. The summed E-state index contributed by atoms with van der Waals surface area (Å²) in [5.41, 5.74) is -1.02. The number of hydrogen-bond acceptors (Lipinski definition) is 5. The fourth-order valence-electron chi connectivity index (χ4n) is 1.82. The smallest absolute Gasteiger partial charge is 0.334 e. The third kappa shape index (κ3) is 6.71. The van der Waals surface area contributed by atoms with Gasteiger partial charge in [0.05, 0.1) is 7.11 Å². The van der Waals surface area contributed by atoms with E-state index in [1.54, 1.807) is 58.2 Å². The number of ether oxygens (including phenoxy) is 2. The molecule has 0 N–H and O–H groups in total. The molecule has 0 aliphatic heterocycles. The SMILES string of the molecule is COC(=O)CC[C@@](C)(N=Cc1ccc(Cl)cc1)C(=O)OC(C)(C)C.